The minimum atomic E-state index is 0.259. The van der Waals surface area contributed by atoms with Crippen molar-refractivity contribution in [3.63, 3.8) is 0 Å². The second-order valence-electron chi connectivity index (χ2n) is 4.75. The zero-order valence-corrected chi connectivity index (χ0v) is 11.0. The highest BCUT2D eigenvalue weighted by Crippen LogP contribution is 2.28. The van der Waals surface area contributed by atoms with Crippen LogP contribution in [0, 0.1) is 0 Å². The Morgan fingerprint density at radius 3 is 2.83 bits per heavy atom. The van der Waals surface area contributed by atoms with Gasteiger partial charge in [-0.1, -0.05) is 13.3 Å². The average Bonchev–Trinajstić information content (AvgIpc) is 2.41. The molecule has 0 spiro atoms. The third-order valence-electron chi connectivity index (χ3n) is 3.22. The standard InChI is InChI=1S/C13H22N4O/c1-2-8-15-12-11(14)13(17-9-16-12)18-10-6-4-3-5-7-10/h9-10H,2-8,14H2,1H3,(H,15,16,17). The van der Waals surface area contributed by atoms with E-state index in [2.05, 4.69) is 22.2 Å². The number of hydrogen-bond acceptors (Lipinski definition) is 5. The van der Waals surface area contributed by atoms with Crippen LogP contribution in [0.15, 0.2) is 6.33 Å². The van der Waals surface area contributed by atoms with Crippen molar-refractivity contribution in [2.75, 3.05) is 17.6 Å². The van der Waals surface area contributed by atoms with E-state index in [9.17, 15) is 0 Å². The quantitative estimate of drug-likeness (QED) is 0.840. The number of nitrogens with one attached hydrogen (secondary N) is 1. The van der Waals surface area contributed by atoms with E-state index >= 15 is 0 Å². The lowest BCUT2D eigenvalue weighted by Crippen LogP contribution is -2.21. The molecular formula is C13H22N4O. The molecule has 3 N–H and O–H groups in total. The summed E-state index contributed by atoms with van der Waals surface area (Å²) in [5.41, 5.74) is 6.55. The van der Waals surface area contributed by atoms with Gasteiger partial charge in [-0.2, -0.15) is 4.98 Å². The fourth-order valence-corrected chi connectivity index (χ4v) is 2.20. The van der Waals surface area contributed by atoms with Crippen LogP contribution >= 0.6 is 0 Å². The Bertz CT molecular complexity index is 377. The first kappa shape index (κ1) is 12.9. The molecule has 1 saturated carbocycles. The normalized spacial score (nSPS) is 16.5. The van der Waals surface area contributed by atoms with Crippen molar-refractivity contribution in [1.82, 2.24) is 9.97 Å². The molecule has 0 aromatic carbocycles. The summed E-state index contributed by atoms with van der Waals surface area (Å²) in [6.07, 6.45) is 8.77. The van der Waals surface area contributed by atoms with Gasteiger partial charge in [-0.15, -0.1) is 0 Å². The third-order valence-corrected chi connectivity index (χ3v) is 3.22. The molecule has 0 amide bonds. The van der Waals surface area contributed by atoms with Gasteiger partial charge in [-0.25, -0.2) is 4.98 Å². The smallest absolute Gasteiger partial charge is 0.242 e. The summed E-state index contributed by atoms with van der Waals surface area (Å²) in [6.45, 7) is 2.95. The average molecular weight is 250 g/mol. The van der Waals surface area contributed by atoms with Crippen molar-refractivity contribution in [2.24, 2.45) is 0 Å². The second-order valence-corrected chi connectivity index (χ2v) is 4.75. The Morgan fingerprint density at radius 1 is 1.33 bits per heavy atom. The van der Waals surface area contributed by atoms with E-state index in [4.69, 9.17) is 10.5 Å². The molecule has 0 aliphatic heterocycles. The summed E-state index contributed by atoms with van der Waals surface area (Å²) >= 11 is 0. The van der Waals surface area contributed by atoms with Crippen molar-refractivity contribution < 1.29 is 4.74 Å². The Labute approximate surface area is 108 Å². The van der Waals surface area contributed by atoms with E-state index in [1.165, 1.54) is 25.6 Å². The summed E-state index contributed by atoms with van der Waals surface area (Å²) in [6, 6.07) is 0. The van der Waals surface area contributed by atoms with Crippen LogP contribution in [0.3, 0.4) is 0 Å². The van der Waals surface area contributed by atoms with Crippen LogP contribution in [0.2, 0.25) is 0 Å². The molecule has 0 unspecified atom stereocenters. The maximum atomic E-state index is 6.03. The molecule has 2 rings (SSSR count). The van der Waals surface area contributed by atoms with Crippen molar-refractivity contribution in [3.8, 4) is 5.88 Å². The topological polar surface area (TPSA) is 73.1 Å². The number of ether oxygens (including phenoxy) is 1. The van der Waals surface area contributed by atoms with Crippen molar-refractivity contribution in [1.29, 1.82) is 0 Å². The highest BCUT2D eigenvalue weighted by molar-refractivity contribution is 5.66. The molecule has 100 valence electrons. The number of nitrogens with two attached hydrogens (primary N) is 1. The highest BCUT2D eigenvalue weighted by Gasteiger charge is 2.18. The summed E-state index contributed by atoms with van der Waals surface area (Å²) in [5.74, 6) is 1.20. The number of rotatable bonds is 5. The van der Waals surface area contributed by atoms with Gasteiger partial charge >= 0.3 is 0 Å². The van der Waals surface area contributed by atoms with Gasteiger partial charge in [0.1, 0.15) is 18.1 Å². The molecule has 1 aliphatic rings. The third kappa shape index (κ3) is 3.24. The fourth-order valence-electron chi connectivity index (χ4n) is 2.20. The van der Waals surface area contributed by atoms with E-state index in [-0.39, 0.29) is 6.10 Å². The van der Waals surface area contributed by atoms with Crippen molar-refractivity contribution >= 4 is 11.5 Å². The largest absolute Gasteiger partial charge is 0.473 e. The summed E-state index contributed by atoms with van der Waals surface area (Å²) in [5, 5.41) is 3.18. The molecule has 0 bridgehead atoms. The van der Waals surface area contributed by atoms with Gasteiger partial charge < -0.3 is 15.8 Å². The van der Waals surface area contributed by atoms with Crippen LogP contribution < -0.4 is 15.8 Å². The van der Waals surface area contributed by atoms with E-state index < -0.39 is 0 Å². The molecule has 18 heavy (non-hydrogen) atoms. The molecule has 1 aliphatic carbocycles. The highest BCUT2D eigenvalue weighted by atomic mass is 16.5. The fraction of sp³-hybridized carbons (Fsp3) is 0.692. The van der Waals surface area contributed by atoms with Crippen molar-refractivity contribution in [3.05, 3.63) is 6.33 Å². The van der Waals surface area contributed by atoms with E-state index in [1.807, 2.05) is 0 Å². The number of aromatic nitrogens is 2. The SMILES string of the molecule is CCCNc1ncnc(OC2CCCCC2)c1N. The van der Waals surface area contributed by atoms with Gasteiger partial charge in [-0.3, -0.25) is 0 Å². The second kappa shape index (κ2) is 6.42. The zero-order valence-electron chi connectivity index (χ0n) is 11.0. The lowest BCUT2D eigenvalue weighted by molar-refractivity contribution is 0.149. The summed E-state index contributed by atoms with van der Waals surface area (Å²) in [4.78, 5) is 8.29. The molecule has 1 fully saturated rings. The Balaban J connectivity index is 2.02. The van der Waals surface area contributed by atoms with Gasteiger partial charge in [0.2, 0.25) is 5.88 Å². The molecule has 1 aromatic rings. The molecule has 1 aromatic heterocycles. The summed E-state index contributed by atoms with van der Waals surface area (Å²) < 4.78 is 5.89. The molecule has 5 nitrogen and oxygen atoms in total. The minimum absolute atomic E-state index is 0.259. The molecule has 5 heteroatoms. The monoisotopic (exact) mass is 250 g/mol. The van der Waals surface area contributed by atoms with Gasteiger partial charge in [-0.05, 0) is 32.1 Å². The maximum Gasteiger partial charge on any atom is 0.242 e. The molecule has 1 heterocycles. The lowest BCUT2D eigenvalue weighted by atomic mass is 9.98. The van der Waals surface area contributed by atoms with Gasteiger partial charge in [0.15, 0.2) is 5.82 Å². The van der Waals surface area contributed by atoms with E-state index in [0.717, 1.165) is 25.8 Å². The van der Waals surface area contributed by atoms with Crippen LogP contribution in [-0.4, -0.2) is 22.6 Å². The Kier molecular flexibility index (Phi) is 4.61. The first-order valence-corrected chi connectivity index (χ1v) is 6.82. The van der Waals surface area contributed by atoms with Crippen molar-refractivity contribution in [2.45, 2.75) is 51.6 Å². The minimum Gasteiger partial charge on any atom is -0.473 e. The zero-order chi connectivity index (χ0) is 12.8. The van der Waals surface area contributed by atoms with Crippen LogP contribution in [0.1, 0.15) is 45.4 Å². The molecular weight excluding hydrogens is 228 g/mol. The van der Waals surface area contributed by atoms with Crippen LogP contribution in [-0.2, 0) is 0 Å². The number of nitrogens with zero attached hydrogens (tertiary/aromatic N) is 2. The lowest BCUT2D eigenvalue weighted by Gasteiger charge is -2.23. The van der Waals surface area contributed by atoms with Crippen LogP contribution in [0.25, 0.3) is 0 Å². The van der Waals surface area contributed by atoms with Gasteiger partial charge in [0.25, 0.3) is 0 Å². The molecule has 0 saturated heterocycles. The summed E-state index contributed by atoms with van der Waals surface area (Å²) in [7, 11) is 0. The van der Waals surface area contributed by atoms with Crippen LogP contribution in [0.4, 0.5) is 11.5 Å². The van der Waals surface area contributed by atoms with Crippen LogP contribution in [0.5, 0.6) is 5.88 Å². The van der Waals surface area contributed by atoms with E-state index in [0.29, 0.717) is 17.4 Å². The Hall–Kier alpha value is -1.52. The Morgan fingerprint density at radius 2 is 2.11 bits per heavy atom. The number of anilines is 2. The van der Waals surface area contributed by atoms with Gasteiger partial charge in [0, 0.05) is 6.54 Å². The predicted molar refractivity (Wildman–Crippen MR) is 72.7 cm³/mol. The first-order chi connectivity index (χ1) is 8.81. The van der Waals surface area contributed by atoms with Gasteiger partial charge in [0.05, 0.1) is 0 Å². The predicted octanol–water partition coefficient (Wildman–Crippen LogP) is 2.59. The van der Waals surface area contributed by atoms with E-state index in [1.54, 1.807) is 0 Å². The molecule has 0 atom stereocenters. The number of nitrogen functional groups attached to an aromatic ring is 1. The molecule has 0 radical (unpaired) electrons. The number of hydrogen-bond donors (Lipinski definition) is 2. The maximum absolute atomic E-state index is 6.03. The first-order valence-electron chi connectivity index (χ1n) is 6.82.